The van der Waals surface area contributed by atoms with E-state index in [2.05, 4.69) is 190 Å². The molecular formula is C49H35P. The van der Waals surface area contributed by atoms with Crippen molar-refractivity contribution in [2.24, 2.45) is 0 Å². The van der Waals surface area contributed by atoms with Gasteiger partial charge in [0.15, 0.2) is 0 Å². The van der Waals surface area contributed by atoms with Crippen LogP contribution in [-0.4, -0.2) is 0 Å². The molecule has 0 saturated heterocycles. The Balaban J connectivity index is 1.17. The summed E-state index contributed by atoms with van der Waals surface area (Å²) in [7, 11) is -0.853. The highest BCUT2D eigenvalue weighted by molar-refractivity contribution is 7.79. The van der Waals surface area contributed by atoms with Crippen molar-refractivity contribution in [3.05, 3.63) is 187 Å². The summed E-state index contributed by atoms with van der Waals surface area (Å²) in [6.07, 6.45) is 0. The first kappa shape index (κ1) is 29.4. The predicted molar refractivity (Wildman–Crippen MR) is 216 cm³/mol. The Labute approximate surface area is 295 Å². The third-order valence-corrected chi connectivity index (χ3v) is 13.4. The van der Waals surface area contributed by atoms with Gasteiger partial charge in [0.25, 0.3) is 0 Å². The number of fused-ring (bicyclic) bond motifs is 7. The lowest BCUT2D eigenvalue weighted by Gasteiger charge is -2.25. The van der Waals surface area contributed by atoms with Crippen LogP contribution in [0.3, 0.4) is 0 Å². The summed E-state index contributed by atoms with van der Waals surface area (Å²) in [6.45, 7) is 4.86. The van der Waals surface area contributed by atoms with Crippen LogP contribution in [0.1, 0.15) is 25.0 Å². The molecule has 0 fully saturated rings. The van der Waals surface area contributed by atoms with Gasteiger partial charge in [0.05, 0.1) is 0 Å². The van der Waals surface area contributed by atoms with Crippen molar-refractivity contribution >= 4 is 34.6 Å². The maximum absolute atomic E-state index is 2.56. The van der Waals surface area contributed by atoms with Crippen LogP contribution in [0.5, 0.6) is 0 Å². The molecule has 0 atom stereocenters. The molecule has 10 rings (SSSR count). The lowest BCUT2D eigenvalue weighted by molar-refractivity contribution is 0.661. The Hall–Kier alpha value is -5.55. The summed E-state index contributed by atoms with van der Waals surface area (Å²) in [5, 5.41) is 6.89. The summed E-state index contributed by atoms with van der Waals surface area (Å²) in [4.78, 5) is 0. The van der Waals surface area contributed by atoms with E-state index in [9.17, 15) is 0 Å². The SMILES string of the molecule is CC1(C)c2cc(P(c3cccc(-c4ccccc4)c3)c3cccc(-c4ccccc4)c3)ccc2-c2c1cc1c3c(cccc23)-c2ccccc2-1. The lowest BCUT2D eigenvalue weighted by Crippen LogP contribution is -2.23. The summed E-state index contributed by atoms with van der Waals surface area (Å²) >= 11 is 0. The molecule has 0 saturated carbocycles. The molecule has 8 aromatic rings. The molecule has 8 aromatic carbocycles. The Morgan fingerprint density at radius 1 is 0.360 bits per heavy atom. The Morgan fingerprint density at radius 3 is 1.52 bits per heavy atom. The fraction of sp³-hybridized carbons (Fsp3) is 0.0612. The number of benzene rings is 8. The molecule has 1 heteroatoms. The van der Waals surface area contributed by atoms with Crippen LogP contribution >= 0.6 is 7.92 Å². The highest BCUT2D eigenvalue weighted by Crippen LogP contribution is 2.57. The molecule has 0 N–H and O–H groups in total. The van der Waals surface area contributed by atoms with Crippen LogP contribution in [0.15, 0.2) is 176 Å². The molecule has 236 valence electrons. The van der Waals surface area contributed by atoms with E-state index in [-0.39, 0.29) is 5.41 Å². The third-order valence-electron chi connectivity index (χ3n) is 11.0. The molecule has 2 aliphatic carbocycles. The minimum atomic E-state index is -0.853. The van der Waals surface area contributed by atoms with Gasteiger partial charge >= 0.3 is 0 Å². The van der Waals surface area contributed by atoms with Crippen molar-refractivity contribution in [1.29, 1.82) is 0 Å². The molecule has 0 radical (unpaired) electrons. The quantitative estimate of drug-likeness (QED) is 0.162. The average molecular weight is 655 g/mol. The van der Waals surface area contributed by atoms with Crippen molar-refractivity contribution < 1.29 is 0 Å². The van der Waals surface area contributed by atoms with Gasteiger partial charge in [0.2, 0.25) is 0 Å². The maximum Gasteiger partial charge on any atom is 0.0159 e. The normalized spacial score (nSPS) is 13.3. The van der Waals surface area contributed by atoms with E-state index in [4.69, 9.17) is 0 Å². The molecular weight excluding hydrogens is 620 g/mol. The molecule has 0 bridgehead atoms. The topological polar surface area (TPSA) is 0 Å². The number of hydrogen-bond donors (Lipinski definition) is 0. The van der Waals surface area contributed by atoms with E-state index in [0.29, 0.717) is 0 Å². The van der Waals surface area contributed by atoms with E-state index in [1.54, 1.807) is 0 Å². The minimum absolute atomic E-state index is 0.141. The first-order valence-electron chi connectivity index (χ1n) is 17.5. The van der Waals surface area contributed by atoms with Crippen LogP contribution in [0.25, 0.3) is 66.4 Å². The Kier molecular flexibility index (Phi) is 6.61. The zero-order chi connectivity index (χ0) is 33.4. The average Bonchev–Trinajstić information content (AvgIpc) is 3.62. The molecule has 2 aliphatic rings. The molecule has 0 nitrogen and oxygen atoms in total. The van der Waals surface area contributed by atoms with Gasteiger partial charge in [-0.05, 0) is 126 Å². The van der Waals surface area contributed by atoms with E-state index >= 15 is 0 Å². The lowest BCUT2D eigenvalue weighted by atomic mass is 9.81. The molecule has 0 aromatic heterocycles. The van der Waals surface area contributed by atoms with Crippen molar-refractivity contribution in [3.63, 3.8) is 0 Å². The Bertz CT molecular complexity index is 2530. The van der Waals surface area contributed by atoms with Gasteiger partial charge in [0, 0.05) is 5.41 Å². The standard InChI is InChI=1S/C49H35P/c1-49(2)45-30-38(26-27-42(45)48-43-25-13-24-41-39-22-9-10-23-40(39)44(47(41)43)31-46(48)49)50(36-20-11-18-34(28-36)32-14-5-3-6-15-32)37-21-12-19-35(29-37)33-16-7-4-8-17-33/h3-31H,1-2H3. The fourth-order valence-electron chi connectivity index (χ4n) is 8.57. The molecule has 0 spiro atoms. The first-order chi connectivity index (χ1) is 24.6. The monoisotopic (exact) mass is 654 g/mol. The number of rotatable bonds is 5. The number of hydrogen-bond acceptors (Lipinski definition) is 0. The molecule has 0 amide bonds. The predicted octanol–water partition coefficient (Wildman–Crippen LogP) is 11.9. The molecule has 50 heavy (non-hydrogen) atoms. The minimum Gasteiger partial charge on any atom is -0.0622 e. The first-order valence-corrected chi connectivity index (χ1v) is 18.9. The second-order valence-corrected chi connectivity index (χ2v) is 16.4. The fourth-order valence-corrected chi connectivity index (χ4v) is 10.9. The molecule has 0 heterocycles. The van der Waals surface area contributed by atoms with Crippen molar-refractivity contribution in [2.45, 2.75) is 19.3 Å². The summed E-state index contributed by atoms with van der Waals surface area (Å²) in [5.41, 5.74) is 16.0. The summed E-state index contributed by atoms with van der Waals surface area (Å²) < 4.78 is 0. The van der Waals surface area contributed by atoms with Crippen molar-refractivity contribution in [1.82, 2.24) is 0 Å². The molecule has 0 unspecified atom stereocenters. The largest absolute Gasteiger partial charge is 0.0622 e. The van der Waals surface area contributed by atoms with Gasteiger partial charge in [-0.1, -0.05) is 166 Å². The van der Waals surface area contributed by atoms with E-state index in [1.807, 2.05) is 0 Å². The van der Waals surface area contributed by atoms with Crippen LogP contribution in [0.2, 0.25) is 0 Å². The van der Waals surface area contributed by atoms with Crippen molar-refractivity contribution in [2.75, 3.05) is 0 Å². The van der Waals surface area contributed by atoms with Gasteiger partial charge in [-0.25, -0.2) is 0 Å². The van der Waals surface area contributed by atoms with Crippen LogP contribution in [0, 0.1) is 0 Å². The smallest absolute Gasteiger partial charge is 0.0159 e. The van der Waals surface area contributed by atoms with Gasteiger partial charge in [-0.15, -0.1) is 0 Å². The van der Waals surface area contributed by atoms with Gasteiger partial charge in [-0.3, -0.25) is 0 Å². The second-order valence-electron chi connectivity index (χ2n) is 14.1. The zero-order valence-corrected chi connectivity index (χ0v) is 29.1. The van der Waals surface area contributed by atoms with Gasteiger partial charge < -0.3 is 0 Å². The third kappa shape index (κ3) is 4.42. The van der Waals surface area contributed by atoms with Crippen molar-refractivity contribution in [3.8, 4) is 55.6 Å². The highest BCUT2D eigenvalue weighted by Gasteiger charge is 2.39. The summed E-state index contributed by atoms with van der Waals surface area (Å²) in [6, 6.07) is 65.8. The summed E-state index contributed by atoms with van der Waals surface area (Å²) in [5.74, 6) is 0. The van der Waals surface area contributed by atoms with E-state index in [0.717, 1.165) is 0 Å². The van der Waals surface area contributed by atoms with Gasteiger partial charge in [0.1, 0.15) is 0 Å². The second kappa shape index (κ2) is 11.2. The maximum atomic E-state index is 2.56. The van der Waals surface area contributed by atoms with Gasteiger partial charge in [-0.2, -0.15) is 0 Å². The highest BCUT2D eigenvalue weighted by atomic mass is 31.1. The molecule has 0 aliphatic heterocycles. The van der Waals surface area contributed by atoms with Crippen LogP contribution in [0.4, 0.5) is 0 Å². The van der Waals surface area contributed by atoms with E-state index in [1.165, 1.54) is 93.4 Å². The van der Waals surface area contributed by atoms with Crippen LogP contribution < -0.4 is 15.9 Å². The zero-order valence-electron chi connectivity index (χ0n) is 28.2. The van der Waals surface area contributed by atoms with Crippen LogP contribution in [-0.2, 0) is 5.41 Å². The Morgan fingerprint density at radius 2 is 0.880 bits per heavy atom. The van der Waals surface area contributed by atoms with E-state index < -0.39 is 7.92 Å².